The number of fused-ring (bicyclic) bond motifs is 1. The number of hydrogen-bond donors (Lipinski definition) is 0. The van der Waals surface area contributed by atoms with Crippen LogP contribution in [0, 0.1) is 0 Å². The number of methoxy groups -OCH3 is 1. The Bertz CT molecular complexity index is 991. The molecule has 0 atom stereocenters. The molecule has 136 valence electrons. The molecule has 27 heavy (non-hydrogen) atoms. The van der Waals surface area contributed by atoms with Crippen LogP contribution in [0.5, 0.6) is 0 Å². The van der Waals surface area contributed by atoms with Crippen molar-refractivity contribution >= 4 is 29.3 Å². The van der Waals surface area contributed by atoms with Crippen LogP contribution in [0.15, 0.2) is 66.3 Å². The zero-order valence-electron chi connectivity index (χ0n) is 15.5. The van der Waals surface area contributed by atoms with Crippen molar-refractivity contribution < 1.29 is 19.1 Å². The van der Waals surface area contributed by atoms with Crippen LogP contribution in [-0.4, -0.2) is 19.0 Å². The minimum absolute atomic E-state index is 0.373. The second kappa shape index (κ2) is 7.46. The first kappa shape index (κ1) is 18.4. The maximum Gasteiger partial charge on any atom is 0.337 e. The van der Waals surface area contributed by atoms with E-state index >= 15 is 0 Å². The Hall–Kier alpha value is -3.40. The summed E-state index contributed by atoms with van der Waals surface area (Å²) in [6, 6.07) is 14.9. The lowest BCUT2D eigenvalue weighted by atomic mass is 9.96. The van der Waals surface area contributed by atoms with E-state index in [0.717, 1.165) is 33.4 Å². The number of hydrogen-bond acceptors (Lipinski definition) is 4. The molecular weight excluding hydrogens is 340 g/mol. The van der Waals surface area contributed by atoms with Crippen molar-refractivity contribution in [1.82, 2.24) is 0 Å². The number of benzene rings is 2. The first-order chi connectivity index (χ1) is 12.9. The molecule has 0 aromatic heterocycles. The van der Waals surface area contributed by atoms with Crippen molar-refractivity contribution in [3.63, 3.8) is 0 Å². The summed E-state index contributed by atoms with van der Waals surface area (Å²) in [6.07, 6.45) is 2.00. The van der Waals surface area contributed by atoms with Gasteiger partial charge in [-0.05, 0) is 47.4 Å². The van der Waals surface area contributed by atoms with Gasteiger partial charge in [0.1, 0.15) is 5.76 Å². The predicted molar refractivity (Wildman–Crippen MR) is 106 cm³/mol. The normalized spacial score (nSPS) is 14.1. The fraction of sp³-hybridized carbons (Fsp3) is 0.130. The standard InChI is InChI=1S/C23H20O4/c1-14(2)21-20(13-16-9-11-17(12-10-16)23(25)26-4)18-7-5-6-8-19(18)22(21)27-15(3)24/h5-13H,1H2,2-4H3/b20-13+. The molecule has 0 radical (unpaired) electrons. The average molecular weight is 360 g/mol. The topological polar surface area (TPSA) is 52.6 Å². The van der Waals surface area contributed by atoms with E-state index in [0.29, 0.717) is 11.3 Å². The highest BCUT2D eigenvalue weighted by Crippen LogP contribution is 2.45. The Morgan fingerprint density at radius 1 is 0.963 bits per heavy atom. The van der Waals surface area contributed by atoms with Crippen molar-refractivity contribution in [3.8, 4) is 0 Å². The maximum atomic E-state index is 11.6. The molecule has 2 aromatic carbocycles. The molecule has 0 amide bonds. The SMILES string of the molecule is C=C(C)C1=C(OC(C)=O)c2ccccc2/C1=C\c1ccc(C(=O)OC)cc1. The summed E-state index contributed by atoms with van der Waals surface area (Å²) in [5.74, 6) is -0.217. The van der Waals surface area contributed by atoms with Crippen LogP contribution in [0.4, 0.5) is 0 Å². The van der Waals surface area contributed by atoms with Gasteiger partial charge in [-0.2, -0.15) is 0 Å². The van der Waals surface area contributed by atoms with Gasteiger partial charge in [-0.15, -0.1) is 0 Å². The zero-order valence-corrected chi connectivity index (χ0v) is 15.5. The smallest absolute Gasteiger partial charge is 0.337 e. The number of allylic oxidation sites excluding steroid dienone is 3. The van der Waals surface area contributed by atoms with Crippen molar-refractivity contribution in [2.24, 2.45) is 0 Å². The van der Waals surface area contributed by atoms with Crippen molar-refractivity contribution in [3.05, 3.63) is 88.5 Å². The molecular formula is C23H20O4. The quantitative estimate of drug-likeness (QED) is 0.730. The molecule has 0 heterocycles. The molecule has 0 unspecified atom stereocenters. The van der Waals surface area contributed by atoms with Gasteiger partial charge in [0, 0.05) is 18.1 Å². The minimum atomic E-state index is -0.375. The third kappa shape index (κ3) is 3.60. The second-order valence-corrected chi connectivity index (χ2v) is 6.30. The molecule has 0 aliphatic heterocycles. The van der Waals surface area contributed by atoms with Crippen LogP contribution >= 0.6 is 0 Å². The van der Waals surface area contributed by atoms with Crippen molar-refractivity contribution in [2.45, 2.75) is 13.8 Å². The lowest BCUT2D eigenvalue weighted by molar-refractivity contribution is -0.134. The Morgan fingerprint density at radius 2 is 1.59 bits per heavy atom. The summed E-state index contributed by atoms with van der Waals surface area (Å²) < 4.78 is 10.3. The largest absolute Gasteiger partial charge is 0.465 e. The minimum Gasteiger partial charge on any atom is -0.465 e. The van der Waals surface area contributed by atoms with Gasteiger partial charge in [0.05, 0.1) is 12.7 Å². The molecule has 3 rings (SSSR count). The molecule has 4 heteroatoms. The number of esters is 2. The molecule has 1 aliphatic carbocycles. The Balaban J connectivity index is 2.13. The highest BCUT2D eigenvalue weighted by molar-refractivity contribution is 6.07. The first-order valence-electron chi connectivity index (χ1n) is 8.51. The molecule has 0 spiro atoms. The van der Waals surface area contributed by atoms with Crippen LogP contribution in [-0.2, 0) is 14.3 Å². The van der Waals surface area contributed by atoms with E-state index in [1.807, 2.05) is 49.4 Å². The molecule has 0 bridgehead atoms. The fourth-order valence-electron chi connectivity index (χ4n) is 3.13. The van der Waals surface area contributed by atoms with E-state index in [2.05, 4.69) is 6.58 Å². The zero-order chi connectivity index (χ0) is 19.6. The number of rotatable bonds is 4. The lowest BCUT2D eigenvalue weighted by Crippen LogP contribution is -2.00. The molecule has 0 fully saturated rings. The number of carbonyl (C=O) groups excluding carboxylic acids is 2. The summed E-state index contributed by atoms with van der Waals surface area (Å²) in [5, 5.41) is 0. The van der Waals surface area contributed by atoms with E-state index in [-0.39, 0.29) is 11.9 Å². The first-order valence-corrected chi connectivity index (χ1v) is 8.51. The summed E-state index contributed by atoms with van der Waals surface area (Å²) in [6.45, 7) is 7.34. The van der Waals surface area contributed by atoms with Crippen LogP contribution in [0.2, 0.25) is 0 Å². The average Bonchev–Trinajstić information content (AvgIpc) is 2.95. The van der Waals surface area contributed by atoms with Gasteiger partial charge in [-0.1, -0.05) is 43.0 Å². The molecule has 4 nitrogen and oxygen atoms in total. The van der Waals surface area contributed by atoms with E-state index in [1.165, 1.54) is 14.0 Å². The van der Waals surface area contributed by atoms with Crippen molar-refractivity contribution in [1.29, 1.82) is 0 Å². The van der Waals surface area contributed by atoms with Crippen LogP contribution in [0.3, 0.4) is 0 Å². The van der Waals surface area contributed by atoms with Crippen molar-refractivity contribution in [2.75, 3.05) is 7.11 Å². The molecule has 1 aliphatic rings. The Morgan fingerprint density at radius 3 is 2.15 bits per heavy atom. The molecule has 0 N–H and O–H groups in total. The van der Waals surface area contributed by atoms with Gasteiger partial charge in [-0.3, -0.25) is 4.79 Å². The van der Waals surface area contributed by atoms with Gasteiger partial charge in [0.25, 0.3) is 0 Å². The lowest BCUT2D eigenvalue weighted by Gasteiger charge is -2.09. The van der Waals surface area contributed by atoms with Crippen LogP contribution < -0.4 is 0 Å². The van der Waals surface area contributed by atoms with Gasteiger partial charge >= 0.3 is 11.9 Å². The number of carbonyl (C=O) groups is 2. The summed E-state index contributed by atoms with van der Waals surface area (Å²) in [4.78, 5) is 23.2. The summed E-state index contributed by atoms with van der Waals surface area (Å²) >= 11 is 0. The Labute approximate surface area is 158 Å². The summed E-state index contributed by atoms with van der Waals surface area (Å²) in [7, 11) is 1.36. The van der Waals surface area contributed by atoms with Crippen LogP contribution in [0.25, 0.3) is 17.4 Å². The second-order valence-electron chi connectivity index (χ2n) is 6.30. The summed E-state index contributed by atoms with van der Waals surface area (Å²) in [5.41, 5.74) is 5.79. The third-order valence-corrected chi connectivity index (χ3v) is 4.27. The van der Waals surface area contributed by atoms with E-state index in [9.17, 15) is 9.59 Å². The van der Waals surface area contributed by atoms with E-state index in [1.54, 1.807) is 12.1 Å². The maximum absolute atomic E-state index is 11.6. The van der Waals surface area contributed by atoms with Gasteiger partial charge in [0.2, 0.25) is 0 Å². The van der Waals surface area contributed by atoms with Gasteiger partial charge < -0.3 is 9.47 Å². The van der Waals surface area contributed by atoms with E-state index in [4.69, 9.17) is 9.47 Å². The molecule has 0 saturated heterocycles. The monoisotopic (exact) mass is 360 g/mol. The van der Waals surface area contributed by atoms with Crippen LogP contribution in [0.1, 0.15) is 40.9 Å². The molecule has 0 saturated carbocycles. The predicted octanol–water partition coefficient (Wildman–Crippen LogP) is 4.88. The Kier molecular flexibility index (Phi) is 5.08. The highest BCUT2D eigenvalue weighted by atomic mass is 16.5. The van der Waals surface area contributed by atoms with E-state index < -0.39 is 0 Å². The third-order valence-electron chi connectivity index (χ3n) is 4.27. The van der Waals surface area contributed by atoms with Gasteiger partial charge in [0.15, 0.2) is 0 Å². The highest BCUT2D eigenvalue weighted by Gasteiger charge is 2.29. The number of ether oxygens (including phenoxy) is 2. The molecule has 2 aromatic rings. The fourth-order valence-corrected chi connectivity index (χ4v) is 3.13. The van der Waals surface area contributed by atoms with Gasteiger partial charge in [-0.25, -0.2) is 4.79 Å².